The average molecular weight is 326 g/mol. The molecule has 0 spiro atoms. The maximum absolute atomic E-state index is 6.01. The van der Waals surface area contributed by atoms with Gasteiger partial charge in [-0.25, -0.2) is 4.68 Å². The number of rotatable bonds is 2. The second-order valence-electron chi connectivity index (χ2n) is 5.65. The van der Waals surface area contributed by atoms with Gasteiger partial charge in [-0.05, 0) is 29.7 Å². The van der Waals surface area contributed by atoms with Gasteiger partial charge < -0.3 is 11.1 Å². The number of nitrogens with zero attached hydrogens (tertiary/aromatic N) is 3. The van der Waals surface area contributed by atoms with Crippen molar-refractivity contribution in [3.8, 4) is 0 Å². The summed E-state index contributed by atoms with van der Waals surface area (Å²) in [6, 6.07) is 18.4. The summed E-state index contributed by atoms with van der Waals surface area (Å²) < 4.78 is 1.86. The van der Waals surface area contributed by atoms with Crippen molar-refractivity contribution in [1.29, 1.82) is 0 Å². The Balaban J connectivity index is 1.76. The minimum Gasteiger partial charge on any atom is -0.366 e. The largest absolute Gasteiger partial charge is 0.366 e. The summed E-state index contributed by atoms with van der Waals surface area (Å²) in [5.41, 5.74) is 8.17. The predicted molar refractivity (Wildman–Crippen MR) is 91.4 cm³/mol. The van der Waals surface area contributed by atoms with Gasteiger partial charge in [0.25, 0.3) is 0 Å². The summed E-state index contributed by atoms with van der Waals surface area (Å²) in [6.07, 6.45) is 0.863. The van der Waals surface area contributed by atoms with Crippen LogP contribution in [-0.4, -0.2) is 14.8 Å². The number of anilines is 2. The Morgan fingerprint density at radius 3 is 2.52 bits per heavy atom. The molecule has 0 amide bonds. The molecule has 2 heterocycles. The lowest BCUT2D eigenvalue weighted by atomic mass is 9.93. The number of fused-ring (bicyclic) bond motifs is 1. The molecule has 116 valence electrons. The third-order valence-corrected chi connectivity index (χ3v) is 4.41. The van der Waals surface area contributed by atoms with Crippen molar-refractivity contribution in [2.24, 2.45) is 0 Å². The van der Waals surface area contributed by atoms with E-state index in [0.717, 1.165) is 17.0 Å². The summed E-state index contributed by atoms with van der Waals surface area (Å²) in [6.45, 7) is 0. The molecule has 3 aromatic rings. The Bertz CT molecular complexity index is 813. The Labute approximate surface area is 139 Å². The van der Waals surface area contributed by atoms with Gasteiger partial charge in [0.15, 0.2) is 0 Å². The number of benzene rings is 2. The average Bonchev–Trinajstić information content (AvgIpc) is 2.96. The monoisotopic (exact) mass is 325 g/mol. The fraction of sp³-hybridized carbons (Fsp3) is 0.176. The second-order valence-corrected chi connectivity index (χ2v) is 6.09. The summed E-state index contributed by atoms with van der Waals surface area (Å²) in [5, 5.41) is 8.50. The molecule has 0 bridgehead atoms. The lowest BCUT2D eigenvalue weighted by molar-refractivity contribution is 0.431. The first-order chi connectivity index (χ1) is 11.2. The fourth-order valence-corrected chi connectivity index (χ4v) is 3.19. The van der Waals surface area contributed by atoms with Crippen LogP contribution in [-0.2, 0) is 0 Å². The number of hydrogen-bond donors (Lipinski definition) is 2. The maximum Gasteiger partial charge on any atom is 0.241 e. The van der Waals surface area contributed by atoms with Gasteiger partial charge in [0.2, 0.25) is 11.9 Å². The maximum atomic E-state index is 6.01. The van der Waals surface area contributed by atoms with E-state index in [2.05, 4.69) is 27.5 Å². The summed E-state index contributed by atoms with van der Waals surface area (Å²) in [4.78, 5) is 4.31. The van der Waals surface area contributed by atoms with Crippen LogP contribution < -0.4 is 11.1 Å². The van der Waals surface area contributed by atoms with Crippen molar-refractivity contribution in [2.45, 2.75) is 18.5 Å². The molecule has 6 heteroatoms. The summed E-state index contributed by atoms with van der Waals surface area (Å²) >= 11 is 6.01. The molecule has 0 fully saturated rings. The normalized spacial score (nSPS) is 19.9. The highest BCUT2D eigenvalue weighted by Crippen LogP contribution is 2.38. The highest BCUT2D eigenvalue weighted by atomic mass is 35.5. The molecule has 4 rings (SSSR count). The van der Waals surface area contributed by atoms with Crippen molar-refractivity contribution in [3.05, 3.63) is 70.7 Å². The lowest BCUT2D eigenvalue weighted by Gasteiger charge is -2.31. The third kappa shape index (κ3) is 2.64. The Hall–Kier alpha value is -2.53. The van der Waals surface area contributed by atoms with Gasteiger partial charge in [-0.1, -0.05) is 54.1 Å². The van der Waals surface area contributed by atoms with Crippen molar-refractivity contribution >= 4 is 23.5 Å². The Morgan fingerprint density at radius 1 is 1.04 bits per heavy atom. The number of halogens is 1. The molecule has 23 heavy (non-hydrogen) atoms. The van der Waals surface area contributed by atoms with Gasteiger partial charge in [0.05, 0.1) is 12.1 Å². The molecule has 2 atom stereocenters. The van der Waals surface area contributed by atoms with E-state index in [1.807, 2.05) is 47.1 Å². The fourth-order valence-electron chi connectivity index (χ4n) is 3.06. The molecule has 0 saturated heterocycles. The van der Waals surface area contributed by atoms with Crippen LogP contribution in [0.2, 0.25) is 5.02 Å². The van der Waals surface area contributed by atoms with Gasteiger partial charge in [-0.3, -0.25) is 0 Å². The number of hydrogen-bond acceptors (Lipinski definition) is 4. The smallest absolute Gasteiger partial charge is 0.241 e. The molecule has 1 aromatic heterocycles. The van der Waals surface area contributed by atoms with Crippen LogP contribution >= 0.6 is 11.6 Å². The highest BCUT2D eigenvalue weighted by Gasteiger charge is 2.30. The standard InChI is InChI=1S/C17H16ClN5/c18-13-8-6-12(7-9-13)15-10-14(11-4-2-1-3-5-11)20-17-21-16(19)22-23(15)17/h1-9,14-15H,10H2,(H3,19,20,21,22)/t14-,15+/m0/s1. The summed E-state index contributed by atoms with van der Waals surface area (Å²) in [7, 11) is 0. The van der Waals surface area contributed by atoms with Crippen molar-refractivity contribution in [2.75, 3.05) is 11.1 Å². The molecular weight excluding hydrogens is 310 g/mol. The van der Waals surface area contributed by atoms with Gasteiger partial charge in [0, 0.05) is 5.02 Å². The lowest BCUT2D eigenvalue weighted by Crippen LogP contribution is -2.28. The molecule has 3 N–H and O–H groups in total. The van der Waals surface area contributed by atoms with E-state index in [1.54, 1.807) is 0 Å². The zero-order valence-corrected chi connectivity index (χ0v) is 13.1. The van der Waals surface area contributed by atoms with Crippen LogP contribution in [0.3, 0.4) is 0 Å². The third-order valence-electron chi connectivity index (χ3n) is 4.16. The highest BCUT2D eigenvalue weighted by molar-refractivity contribution is 6.30. The first kappa shape index (κ1) is 14.1. The molecule has 5 nitrogen and oxygen atoms in total. The SMILES string of the molecule is Nc1nc2n(n1)[C@@H](c1ccc(Cl)cc1)C[C@@H](c1ccccc1)N2. The molecule has 1 aliphatic rings. The Morgan fingerprint density at radius 2 is 1.78 bits per heavy atom. The van der Waals surface area contributed by atoms with Crippen LogP contribution in [0.4, 0.5) is 11.9 Å². The van der Waals surface area contributed by atoms with Crippen molar-refractivity contribution in [1.82, 2.24) is 14.8 Å². The van der Waals surface area contributed by atoms with Crippen LogP contribution in [0.25, 0.3) is 0 Å². The zero-order chi connectivity index (χ0) is 15.8. The van der Waals surface area contributed by atoms with Gasteiger partial charge in [0.1, 0.15) is 0 Å². The minimum atomic E-state index is 0.0681. The molecule has 0 aliphatic carbocycles. The van der Waals surface area contributed by atoms with Crippen LogP contribution in [0.5, 0.6) is 0 Å². The molecular formula is C17H16ClN5. The zero-order valence-electron chi connectivity index (χ0n) is 12.4. The van der Waals surface area contributed by atoms with Gasteiger partial charge >= 0.3 is 0 Å². The molecule has 0 saturated carbocycles. The van der Waals surface area contributed by atoms with E-state index in [1.165, 1.54) is 5.56 Å². The van der Waals surface area contributed by atoms with E-state index in [9.17, 15) is 0 Å². The minimum absolute atomic E-state index is 0.0681. The Kier molecular flexibility index (Phi) is 3.42. The van der Waals surface area contributed by atoms with E-state index in [0.29, 0.717) is 5.95 Å². The first-order valence-electron chi connectivity index (χ1n) is 7.49. The number of aromatic nitrogens is 3. The van der Waals surface area contributed by atoms with Crippen LogP contribution in [0, 0.1) is 0 Å². The van der Waals surface area contributed by atoms with Gasteiger partial charge in [-0.15, -0.1) is 5.10 Å². The van der Waals surface area contributed by atoms with Crippen molar-refractivity contribution < 1.29 is 0 Å². The first-order valence-corrected chi connectivity index (χ1v) is 7.87. The van der Waals surface area contributed by atoms with E-state index < -0.39 is 0 Å². The number of nitrogens with two attached hydrogens (primary N) is 1. The predicted octanol–water partition coefficient (Wildman–Crippen LogP) is 3.66. The van der Waals surface area contributed by atoms with Crippen LogP contribution in [0.15, 0.2) is 54.6 Å². The number of nitrogen functional groups attached to an aromatic ring is 1. The second kappa shape index (κ2) is 5.59. The molecule has 0 radical (unpaired) electrons. The quantitative estimate of drug-likeness (QED) is 0.754. The van der Waals surface area contributed by atoms with Crippen LogP contribution in [0.1, 0.15) is 29.6 Å². The molecule has 2 aromatic carbocycles. The van der Waals surface area contributed by atoms with Gasteiger partial charge in [-0.2, -0.15) is 4.98 Å². The van der Waals surface area contributed by atoms with E-state index in [4.69, 9.17) is 17.3 Å². The molecule has 1 aliphatic heterocycles. The number of nitrogens with one attached hydrogen (secondary N) is 1. The van der Waals surface area contributed by atoms with Crippen molar-refractivity contribution in [3.63, 3.8) is 0 Å². The molecule has 0 unspecified atom stereocenters. The van der Waals surface area contributed by atoms with E-state index in [-0.39, 0.29) is 18.0 Å². The van der Waals surface area contributed by atoms with E-state index >= 15 is 0 Å². The topological polar surface area (TPSA) is 68.8 Å². The summed E-state index contributed by atoms with van der Waals surface area (Å²) in [5.74, 6) is 0.975.